The van der Waals surface area contributed by atoms with Crippen LogP contribution in [0.5, 0.6) is 0 Å². The van der Waals surface area contributed by atoms with Gasteiger partial charge in [0.25, 0.3) is 0 Å². The molecule has 1 aromatic carbocycles. The fraction of sp³-hybridized carbons (Fsp3) is 0.286. The second-order valence-electron chi connectivity index (χ2n) is 4.34. The Labute approximate surface area is 123 Å². The lowest BCUT2D eigenvalue weighted by molar-refractivity contribution is 0.579. The molecule has 0 unspecified atom stereocenters. The lowest BCUT2D eigenvalue weighted by atomic mass is 10.2. The van der Waals surface area contributed by atoms with Gasteiger partial charge in [-0.15, -0.1) is 0 Å². The van der Waals surface area contributed by atoms with Crippen molar-refractivity contribution in [2.24, 2.45) is 0 Å². The second kappa shape index (κ2) is 6.99. The van der Waals surface area contributed by atoms with Crippen molar-refractivity contribution in [3.05, 3.63) is 52.2 Å². The Hall–Kier alpha value is -1.21. The van der Waals surface area contributed by atoms with Gasteiger partial charge in [-0.05, 0) is 40.6 Å². The molecule has 0 bridgehead atoms. The molecule has 108 valence electrons. The maximum absolute atomic E-state index is 12.4. The SMILES string of the molecule is CCNCc1ccccc1S(=O)(=O)NCc1ccsc1. The van der Waals surface area contributed by atoms with Crippen LogP contribution in [0.1, 0.15) is 18.1 Å². The number of rotatable bonds is 7. The van der Waals surface area contributed by atoms with Crippen LogP contribution in [0.4, 0.5) is 0 Å². The maximum atomic E-state index is 12.4. The van der Waals surface area contributed by atoms with Crippen LogP contribution in [-0.4, -0.2) is 15.0 Å². The molecule has 1 heterocycles. The molecule has 0 saturated heterocycles. The fourth-order valence-electron chi connectivity index (χ4n) is 1.82. The third-order valence-electron chi connectivity index (χ3n) is 2.87. The minimum atomic E-state index is -3.48. The van der Waals surface area contributed by atoms with Crippen molar-refractivity contribution in [1.29, 1.82) is 0 Å². The molecule has 0 atom stereocenters. The largest absolute Gasteiger partial charge is 0.313 e. The number of hydrogen-bond donors (Lipinski definition) is 2. The number of thiophene rings is 1. The van der Waals surface area contributed by atoms with E-state index in [0.717, 1.165) is 17.7 Å². The molecule has 0 fully saturated rings. The van der Waals surface area contributed by atoms with Crippen LogP contribution in [-0.2, 0) is 23.1 Å². The van der Waals surface area contributed by atoms with Gasteiger partial charge in [0.2, 0.25) is 10.0 Å². The van der Waals surface area contributed by atoms with E-state index in [1.807, 2.05) is 35.9 Å². The first kappa shape index (κ1) is 15.2. The Kier molecular flexibility index (Phi) is 5.31. The molecule has 2 rings (SSSR count). The van der Waals surface area contributed by atoms with Crippen LogP contribution < -0.4 is 10.0 Å². The van der Waals surface area contributed by atoms with Crippen LogP contribution in [0.2, 0.25) is 0 Å². The summed E-state index contributed by atoms with van der Waals surface area (Å²) in [7, 11) is -3.48. The maximum Gasteiger partial charge on any atom is 0.241 e. The summed E-state index contributed by atoms with van der Waals surface area (Å²) in [5.74, 6) is 0. The minimum Gasteiger partial charge on any atom is -0.313 e. The van der Waals surface area contributed by atoms with Crippen molar-refractivity contribution in [1.82, 2.24) is 10.0 Å². The Bertz CT molecular complexity index is 637. The molecule has 0 amide bonds. The van der Waals surface area contributed by atoms with Gasteiger partial charge in [-0.3, -0.25) is 0 Å². The zero-order chi connectivity index (χ0) is 14.4. The van der Waals surface area contributed by atoms with E-state index in [2.05, 4.69) is 10.0 Å². The molecule has 0 aliphatic carbocycles. The van der Waals surface area contributed by atoms with Gasteiger partial charge in [0, 0.05) is 13.1 Å². The predicted molar refractivity (Wildman–Crippen MR) is 82.2 cm³/mol. The summed E-state index contributed by atoms with van der Waals surface area (Å²) in [4.78, 5) is 0.344. The molecule has 2 aromatic rings. The van der Waals surface area contributed by atoms with Crippen molar-refractivity contribution in [3.8, 4) is 0 Å². The van der Waals surface area contributed by atoms with Gasteiger partial charge >= 0.3 is 0 Å². The lowest BCUT2D eigenvalue weighted by Gasteiger charge is -2.11. The fourth-order valence-corrected chi connectivity index (χ4v) is 3.74. The lowest BCUT2D eigenvalue weighted by Crippen LogP contribution is -2.25. The first-order valence-electron chi connectivity index (χ1n) is 6.43. The van der Waals surface area contributed by atoms with Gasteiger partial charge < -0.3 is 5.32 Å². The molecule has 0 spiro atoms. The molecule has 2 N–H and O–H groups in total. The molecule has 0 aliphatic heterocycles. The third kappa shape index (κ3) is 3.89. The molecule has 0 radical (unpaired) electrons. The number of benzene rings is 1. The third-order valence-corrected chi connectivity index (χ3v) is 5.11. The summed E-state index contributed by atoms with van der Waals surface area (Å²) in [5, 5.41) is 7.03. The summed E-state index contributed by atoms with van der Waals surface area (Å²) < 4.78 is 27.4. The van der Waals surface area contributed by atoms with Gasteiger partial charge in [0.1, 0.15) is 0 Å². The average molecular weight is 310 g/mol. The Balaban J connectivity index is 2.16. The van der Waals surface area contributed by atoms with Crippen LogP contribution in [0.25, 0.3) is 0 Å². The normalized spacial score (nSPS) is 11.7. The molecule has 0 saturated carbocycles. The predicted octanol–water partition coefficient (Wildman–Crippen LogP) is 2.34. The minimum absolute atomic E-state index is 0.321. The summed E-state index contributed by atoms with van der Waals surface area (Å²) in [5.41, 5.74) is 1.76. The van der Waals surface area contributed by atoms with Crippen molar-refractivity contribution < 1.29 is 8.42 Å². The number of nitrogens with one attached hydrogen (secondary N) is 2. The first-order valence-corrected chi connectivity index (χ1v) is 8.85. The summed E-state index contributed by atoms with van der Waals surface area (Å²) in [6.45, 7) is 3.66. The molecular formula is C14H18N2O2S2. The van der Waals surface area contributed by atoms with Crippen LogP contribution in [0, 0.1) is 0 Å². The molecular weight excluding hydrogens is 292 g/mol. The van der Waals surface area contributed by atoms with Gasteiger partial charge in [-0.1, -0.05) is 25.1 Å². The van der Waals surface area contributed by atoms with Crippen molar-refractivity contribution in [2.45, 2.75) is 24.9 Å². The Morgan fingerprint density at radius 2 is 1.95 bits per heavy atom. The standard InChI is InChI=1S/C14H18N2O2S2/c1-2-15-10-13-5-3-4-6-14(13)20(17,18)16-9-12-7-8-19-11-12/h3-8,11,15-16H,2,9-10H2,1H3. The molecule has 4 nitrogen and oxygen atoms in total. The summed E-state index contributed by atoms with van der Waals surface area (Å²) in [6.07, 6.45) is 0. The van der Waals surface area contributed by atoms with Crippen molar-refractivity contribution in [2.75, 3.05) is 6.54 Å². The van der Waals surface area contributed by atoms with Crippen LogP contribution in [0.3, 0.4) is 0 Å². The smallest absolute Gasteiger partial charge is 0.241 e. The van der Waals surface area contributed by atoms with E-state index in [1.54, 1.807) is 23.5 Å². The van der Waals surface area contributed by atoms with Gasteiger partial charge in [-0.25, -0.2) is 13.1 Å². The van der Waals surface area contributed by atoms with E-state index < -0.39 is 10.0 Å². The van der Waals surface area contributed by atoms with E-state index in [4.69, 9.17) is 0 Å². The van der Waals surface area contributed by atoms with E-state index >= 15 is 0 Å². The molecule has 1 aromatic heterocycles. The van der Waals surface area contributed by atoms with E-state index in [0.29, 0.717) is 18.0 Å². The molecule has 20 heavy (non-hydrogen) atoms. The number of hydrogen-bond acceptors (Lipinski definition) is 4. The monoisotopic (exact) mass is 310 g/mol. The topological polar surface area (TPSA) is 58.2 Å². The Morgan fingerprint density at radius 3 is 2.65 bits per heavy atom. The quantitative estimate of drug-likeness (QED) is 0.825. The van der Waals surface area contributed by atoms with Crippen molar-refractivity contribution in [3.63, 3.8) is 0 Å². The van der Waals surface area contributed by atoms with Gasteiger partial charge in [0.05, 0.1) is 4.90 Å². The summed E-state index contributed by atoms with van der Waals surface area (Å²) in [6, 6.07) is 8.99. The van der Waals surface area contributed by atoms with E-state index in [-0.39, 0.29) is 0 Å². The zero-order valence-corrected chi connectivity index (χ0v) is 12.9. The van der Waals surface area contributed by atoms with E-state index in [1.165, 1.54) is 0 Å². The Morgan fingerprint density at radius 1 is 1.15 bits per heavy atom. The zero-order valence-electron chi connectivity index (χ0n) is 11.3. The highest BCUT2D eigenvalue weighted by molar-refractivity contribution is 7.89. The average Bonchev–Trinajstić information content (AvgIpc) is 2.97. The first-order chi connectivity index (χ1) is 9.63. The molecule has 0 aliphatic rings. The highest BCUT2D eigenvalue weighted by Crippen LogP contribution is 2.16. The van der Waals surface area contributed by atoms with Crippen molar-refractivity contribution >= 4 is 21.4 Å². The summed E-state index contributed by atoms with van der Waals surface area (Å²) >= 11 is 1.56. The van der Waals surface area contributed by atoms with Gasteiger partial charge in [0.15, 0.2) is 0 Å². The van der Waals surface area contributed by atoms with Crippen LogP contribution >= 0.6 is 11.3 Å². The van der Waals surface area contributed by atoms with Crippen LogP contribution in [0.15, 0.2) is 46.0 Å². The number of sulfonamides is 1. The highest BCUT2D eigenvalue weighted by Gasteiger charge is 2.17. The highest BCUT2D eigenvalue weighted by atomic mass is 32.2. The second-order valence-corrected chi connectivity index (χ2v) is 6.86. The van der Waals surface area contributed by atoms with E-state index in [9.17, 15) is 8.42 Å². The van der Waals surface area contributed by atoms with Gasteiger partial charge in [-0.2, -0.15) is 11.3 Å². The molecule has 6 heteroatoms.